The molecule has 0 atom stereocenters. The normalized spacial score (nSPS) is 3.85. The minimum Gasteiger partial charge on any atom is -0.693 e. The van der Waals surface area contributed by atoms with Crippen LogP contribution in [0.5, 0.6) is 0 Å². The van der Waals surface area contributed by atoms with Crippen molar-refractivity contribution >= 4 is 11.9 Å². The Bertz CT molecular complexity index is 82.1. The zero-order valence-electron chi connectivity index (χ0n) is 7.35. The van der Waals surface area contributed by atoms with Gasteiger partial charge in [0.25, 0.3) is 11.9 Å². The van der Waals surface area contributed by atoms with Crippen LogP contribution < -0.4 is 0 Å². The minimum absolute atomic E-state index is 0. The standard InChI is InChI=1S/2C2H4O2.Co.4H2N/c2*1-2(3)4;;;;;/h2*1H3,(H,3,4);;4*1H2/q;;;4*-1. The van der Waals surface area contributed by atoms with Gasteiger partial charge in [0.05, 0.1) is 0 Å². The molecule has 1 radical (unpaired) electrons. The van der Waals surface area contributed by atoms with E-state index < -0.39 is 11.9 Å². The Morgan fingerprint density at radius 1 is 0.769 bits per heavy atom. The number of carboxylic acids is 2. The summed E-state index contributed by atoms with van der Waals surface area (Å²) in [5.41, 5.74) is 0. The summed E-state index contributed by atoms with van der Waals surface area (Å²) in [4.78, 5) is 18.0. The quantitative estimate of drug-likeness (QED) is 0.655. The molecule has 0 heterocycles. The molecule has 0 bridgehead atoms. The molecule has 0 amide bonds. The van der Waals surface area contributed by atoms with Crippen LogP contribution >= 0.6 is 0 Å². The Kier molecular flexibility index (Phi) is 184. The summed E-state index contributed by atoms with van der Waals surface area (Å²) in [5, 5.41) is 14.8. The van der Waals surface area contributed by atoms with Gasteiger partial charge in [0.2, 0.25) is 0 Å². The van der Waals surface area contributed by atoms with Gasteiger partial charge < -0.3 is 34.8 Å². The first-order chi connectivity index (χ1) is 3.46. The smallest absolute Gasteiger partial charge is 0.300 e. The van der Waals surface area contributed by atoms with Gasteiger partial charge >= 0.3 is 0 Å². The second-order valence-electron chi connectivity index (χ2n) is 1.04. The fraction of sp³-hybridized carbons (Fsp3) is 0.500. The van der Waals surface area contributed by atoms with Crippen molar-refractivity contribution in [3.05, 3.63) is 24.6 Å². The fourth-order valence-corrected chi connectivity index (χ4v) is 0. The molecular weight excluding hydrogens is 227 g/mol. The first kappa shape index (κ1) is 56.0. The van der Waals surface area contributed by atoms with E-state index in [0.717, 1.165) is 13.8 Å². The van der Waals surface area contributed by atoms with E-state index in [1.54, 1.807) is 0 Å². The van der Waals surface area contributed by atoms with Crippen LogP contribution in [0.1, 0.15) is 13.8 Å². The molecule has 0 saturated heterocycles. The van der Waals surface area contributed by atoms with Crippen molar-refractivity contribution in [2.75, 3.05) is 0 Å². The van der Waals surface area contributed by atoms with Crippen molar-refractivity contribution in [2.45, 2.75) is 13.8 Å². The van der Waals surface area contributed by atoms with Crippen LogP contribution in [0.3, 0.4) is 0 Å². The van der Waals surface area contributed by atoms with Crippen LogP contribution in [0.4, 0.5) is 0 Å². The van der Waals surface area contributed by atoms with Gasteiger partial charge in [-0.3, -0.25) is 9.59 Å². The number of nitrogens with two attached hydrogens (primary N) is 4. The Hall–Kier alpha value is -0.714. The van der Waals surface area contributed by atoms with E-state index >= 15 is 0 Å². The summed E-state index contributed by atoms with van der Waals surface area (Å²) >= 11 is 0. The summed E-state index contributed by atoms with van der Waals surface area (Å²) in [7, 11) is 0. The molecule has 0 spiro atoms. The molecule has 0 saturated carbocycles. The van der Waals surface area contributed by atoms with Gasteiger partial charge in [0.1, 0.15) is 0 Å². The SMILES string of the molecule is CC(=O)O.CC(=O)O.[Co].[NH2-].[NH2-].[NH2-].[NH2-]. The van der Waals surface area contributed by atoms with E-state index in [2.05, 4.69) is 0 Å². The summed E-state index contributed by atoms with van der Waals surface area (Å²) in [6, 6.07) is 0. The molecule has 0 aliphatic rings. The van der Waals surface area contributed by atoms with Gasteiger partial charge in [-0.25, -0.2) is 0 Å². The van der Waals surface area contributed by atoms with Crippen LogP contribution in [0.15, 0.2) is 0 Å². The molecule has 0 rings (SSSR count). The monoisotopic (exact) mass is 243 g/mol. The van der Waals surface area contributed by atoms with Gasteiger partial charge in [0, 0.05) is 30.6 Å². The molecule has 0 aliphatic carbocycles. The number of aliphatic carboxylic acids is 2. The van der Waals surface area contributed by atoms with E-state index in [1.165, 1.54) is 0 Å². The maximum absolute atomic E-state index is 9.00. The molecule has 10 N–H and O–H groups in total. The van der Waals surface area contributed by atoms with Crippen LogP contribution in [0.2, 0.25) is 0 Å². The maximum Gasteiger partial charge on any atom is 0.300 e. The summed E-state index contributed by atoms with van der Waals surface area (Å²) in [6.45, 7) is 2.17. The Labute approximate surface area is 87.6 Å². The molecule has 89 valence electrons. The van der Waals surface area contributed by atoms with E-state index in [1.807, 2.05) is 0 Å². The van der Waals surface area contributed by atoms with Crippen LogP contribution in [0, 0.1) is 0 Å². The van der Waals surface area contributed by atoms with E-state index in [-0.39, 0.29) is 41.4 Å². The van der Waals surface area contributed by atoms with E-state index in [0.29, 0.717) is 0 Å². The number of carbonyl (C=O) groups is 2. The van der Waals surface area contributed by atoms with Crippen molar-refractivity contribution in [1.29, 1.82) is 0 Å². The molecule has 9 heteroatoms. The van der Waals surface area contributed by atoms with Gasteiger partial charge in [-0.1, -0.05) is 0 Å². The van der Waals surface area contributed by atoms with Crippen LogP contribution in [-0.4, -0.2) is 22.2 Å². The molecule has 0 aromatic rings. The molecule has 13 heavy (non-hydrogen) atoms. The minimum atomic E-state index is -0.833. The molecule has 0 unspecified atom stereocenters. The van der Waals surface area contributed by atoms with E-state index in [9.17, 15) is 0 Å². The number of hydrogen-bond acceptors (Lipinski definition) is 2. The first-order valence-corrected chi connectivity index (χ1v) is 1.86. The number of carboxylic acid groups (broad SMARTS) is 2. The molecule has 0 aliphatic heterocycles. The van der Waals surface area contributed by atoms with Crippen molar-refractivity contribution in [3.63, 3.8) is 0 Å². The average Bonchev–Trinajstić information content (AvgIpc) is 1.25. The average molecular weight is 243 g/mol. The van der Waals surface area contributed by atoms with Crippen LogP contribution in [0.25, 0.3) is 24.6 Å². The third-order valence-corrected chi connectivity index (χ3v) is 0. The van der Waals surface area contributed by atoms with Crippen molar-refractivity contribution in [3.8, 4) is 0 Å². The third kappa shape index (κ3) is 1910. The zero-order valence-corrected chi connectivity index (χ0v) is 8.39. The van der Waals surface area contributed by atoms with Crippen molar-refractivity contribution in [1.82, 2.24) is 0 Å². The van der Waals surface area contributed by atoms with Gasteiger partial charge in [-0.05, 0) is 0 Å². The van der Waals surface area contributed by atoms with Crippen LogP contribution in [-0.2, 0) is 26.4 Å². The fourth-order valence-electron chi connectivity index (χ4n) is 0. The number of rotatable bonds is 0. The molecule has 0 fully saturated rings. The van der Waals surface area contributed by atoms with E-state index in [4.69, 9.17) is 19.8 Å². The van der Waals surface area contributed by atoms with Gasteiger partial charge in [-0.2, -0.15) is 0 Å². The Morgan fingerprint density at radius 2 is 0.769 bits per heavy atom. The number of hydrogen-bond donors (Lipinski definition) is 2. The molecule has 0 aromatic carbocycles. The summed E-state index contributed by atoms with van der Waals surface area (Å²) in [5.74, 6) is -1.67. The summed E-state index contributed by atoms with van der Waals surface area (Å²) in [6.07, 6.45) is 0. The molecule has 0 aromatic heterocycles. The maximum atomic E-state index is 9.00. The first-order valence-electron chi connectivity index (χ1n) is 1.86. The van der Waals surface area contributed by atoms with Gasteiger partial charge in [-0.15, -0.1) is 0 Å². The predicted molar refractivity (Wildman–Crippen MR) is 47.8 cm³/mol. The largest absolute Gasteiger partial charge is 0.693 e. The second-order valence-corrected chi connectivity index (χ2v) is 1.04. The summed E-state index contributed by atoms with van der Waals surface area (Å²) < 4.78 is 0. The third-order valence-electron chi connectivity index (χ3n) is 0. The molecular formula is C4H16CoN4O4-4. The Balaban J connectivity index is -0.00000000800. The Morgan fingerprint density at radius 3 is 0.769 bits per heavy atom. The zero-order chi connectivity index (χ0) is 7.15. The topological polar surface area (TPSA) is 209 Å². The predicted octanol–water partition coefficient (Wildman–Crippen LogP) is 3.05. The van der Waals surface area contributed by atoms with Gasteiger partial charge in [0.15, 0.2) is 0 Å². The molecule has 8 nitrogen and oxygen atoms in total. The second kappa shape index (κ2) is 42.7. The van der Waals surface area contributed by atoms with Crippen molar-refractivity contribution < 1.29 is 36.6 Å². The van der Waals surface area contributed by atoms with Crippen molar-refractivity contribution in [2.24, 2.45) is 0 Å².